The van der Waals surface area contributed by atoms with Crippen molar-refractivity contribution >= 4 is 5.57 Å². The monoisotopic (exact) mass is 376 g/mol. The smallest absolute Gasteiger partial charge is 0.0780 e. The van der Waals surface area contributed by atoms with E-state index in [1.54, 1.807) is 18.2 Å². The second-order valence-electron chi connectivity index (χ2n) is 5.70. The standard InChI is InChI=1S/C20H24N2.C4H6.C2H6/c1-5-8-10-16(7-3)17-11-13-18(14-12-17)20-19(9-6-2)15(4)21-22-20;1-3-4-2;1-2/h5-6,8-14,20-22H,2,4,7H2,1,3H3;3-4H,1-2H2;1-2H3/b8-5-,16-10+,19-9+;;. The number of nitrogens with one attached hydrogen (secondary N) is 2. The van der Waals surface area contributed by atoms with Crippen LogP contribution in [0.3, 0.4) is 0 Å². The largest absolute Gasteiger partial charge is 0.321 e. The summed E-state index contributed by atoms with van der Waals surface area (Å²) in [5.41, 5.74) is 12.2. The molecule has 0 spiro atoms. The molecule has 1 aliphatic heterocycles. The average molecular weight is 377 g/mol. The van der Waals surface area contributed by atoms with E-state index in [0.717, 1.165) is 17.7 Å². The SMILES string of the molecule is C=C/C=C1\C(=C)NNC1c1ccc(/C(=C/C=C\C)CC)cc1.C=CC=C.CC. The van der Waals surface area contributed by atoms with Crippen LogP contribution >= 0.6 is 0 Å². The molecule has 1 atom stereocenters. The fourth-order valence-electron chi connectivity index (χ4n) is 2.59. The first-order valence-electron chi connectivity index (χ1n) is 9.81. The van der Waals surface area contributed by atoms with Crippen LogP contribution in [0.1, 0.15) is 51.3 Å². The van der Waals surface area contributed by atoms with E-state index in [0.29, 0.717) is 0 Å². The van der Waals surface area contributed by atoms with E-state index < -0.39 is 0 Å². The van der Waals surface area contributed by atoms with E-state index in [2.05, 4.69) is 86.6 Å². The lowest BCUT2D eigenvalue weighted by molar-refractivity contribution is 0.614. The predicted molar refractivity (Wildman–Crippen MR) is 128 cm³/mol. The van der Waals surface area contributed by atoms with Gasteiger partial charge in [-0.3, -0.25) is 0 Å². The van der Waals surface area contributed by atoms with Crippen molar-refractivity contribution in [3.05, 3.63) is 116 Å². The van der Waals surface area contributed by atoms with Gasteiger partial charge in [-0.15, -0.1) is 0 Å². The van der Waals surface area contributed by atoms with Crippen LogP contribution < -0.4 is 10.9 Å². The van der Waals surface area contributed by atoms with Crippen molar-refractivity contribution in [1.29, 1.82) is 0 Å². The molecule has 1 unspecified atom stereocenters. The Labute approximate surface area is 172 Å². The molecule has 1 aromatic rings. The third kappa shape index (κ3) is 7.81. The lowest BCUT2D eigenvalue weighted by atomic mass is 9.95. The molecule has 28 heavy (non-hydrogen) atoms. The average Bonchev–Trinajstić information content (AvgIpc) is 3.11. The normalized spacial score (nSPS) is 17.1. The van der Waals surface area contributed by atoms with Gasteiger partial charge in [0, 0.05) is 5.70 Å². The quantitative estimate of drug-likeness (QED) is 0.512. The molecule has 1 heterocycles. The zero-order chi connectivity index (χ0) is 21.4. The molecule has 1 aliphatic rings. The highest BCUT2D eigenvalue weighted by Gasteiger charge is 2.24. The fourth-order valence-corrected chi connectivity index (χ4v) is 2.59. The molecule has 1 saturated heterocycles. The maximum absolute atomic E-state index is 4.02. The summed E-state index contributed by atoms with van der Waals surface area (Å²) in [6.07, 6.45) is 14.4. The number of allylic oxidation sites excluding steroid dienone is 8. The maximum Gasteiger partial charge on any atom is 0.0780 e. The van der Waals surface area contributed by atoms with Crippen molar-refractivity contribution in [2.75, 3.05) is 0 Å². The summed E-state index contributed by atoms with van der Waals surface area (Å²) in [6, 6.07) is 8.82. The molecule has 0 aliphatic carbocycles. The van der Waals surface area contributed by atoms with Gasteiger partial charge in [-0.25, -0.2) is 5.43 Å². The Kier molecular flexibility index (Phi) is 13.7. The minimum absolute atomic E-state index is 0.115. The van der Waals surface area contributed by atoms with Crippen molar-refractivity contribution in [1.82, 2.24) is 10.9 Å². The number of rotatable bonds is 6. The number of hydrazine groups is 1. The molecule has 2 heteroatoms. The van der Waals surface area contributed by atoms with E-state index in [9.17, 15) is 0 Å². The lowest BCUT2D eigenvalue weighted by Crippen LogP contribution is -2.23. The zero-order valence-electron chi connectivity index (χ0n) is 18.0. The van der Waals surface area contributed by atoms with Crippen molar-refractivity contribution in [2.45, 2.75) is 40.2 Å². The van der Waals surface area contributed by atoms with Gasteiger partial charge in [0.15, 0.2) is 0 Å². The Morgan fingerprint density at radius 2 is 1.64 bits per heavy atom. The van der Waals surface area contributed by atoms with Crippen molar-refractivity contribution < 1.29 is 0 Å². The number of benzene rings is 1. The van der Waals surface area contributed by atoms with E-state index in [4.69, 9.17) is 0 Å². The van der Waals surface area contributed by atoms with E-state index >= 15 is 0 Å². The molecule has 2 nitrogen and oxygen atoms in total. The van der Waals surface area contributed by atoms with Crippen molar-refractivity contribution in [3.63, 3.8) is 0 Å². The first-order chi connectivity index (χ1) is 13.6. The molecular formula is C26H36N2. The minimum atomic E-state index is 0.115. The van der Waals surface area contributed by atoms with Crippen molar-refractivity contribution in [2.24, 2.45) is 0 Å². The van der Waals surface area contributed by atoms with Gasteiger partial charge >= 0.3 is 0 Å². The Bertz CT molecular complexity index is 709. The van der Waals surface area contributed by atoms with Gasteiger partial charge in [-0.05, 0) is 35.6 Å². The van der Waals surface area contributed by atoms with Crippen LogP contribution in [-0.2, 0) is 0 Å². The van der Waals surface area contributed by atoms with Crippen LogP contribution in [0, 0.1) is 0 Å². The van der Waals surface area contributed by atoms with Gasteiger partial charge in [0.2, 0.25) is 0 Å². The Morgan fingerprint density at radius 3 is 2.11 bits per heavy atom. The molecule has 0 saturated carbocycles. The highest BCUT2D eigenvalue weighted by Crippen LogP contribution is 2.30. The van der Waals surface area contributed by atoms with Crippen LogP contribution in [0.4, 0.5) is 0 Å². The van der Waals surface area contributed by atoms with Crippen LogP contribution in [0.2, 0.25) is 0 Å². The Balaban J connectivity index is 0.00000108. The second-order valence-corrected chi connectivity index (χ2v) is 5.70. The summed E-state index contributed by atoms with van der Waals surface area (Å²) in [5, 5.41) is 0. The molecule has 0 amide bonds. The molecule has 150 valence electrons. The topological polar surface area (TPSA) is 24.1 Å². The summed E-state index contributed by atoms with van der Waals surface area (Å²) in [5.74, 6) is 0. The van der Waals surface area contributed by atoms with Crippen LogP contribution in [0.15, 0.2) is 104 Å². The van der Waals surface area contributed by atoms with Crippen LogP contribution in [0.25, 0.3) is 5.57 Å². The van der Waals surface area contributed by atoms with Gasteiger partial charge < -0.3 is 5.43 Å². The molecule has 1 fully saturated rings. The highest BCUT2D eigenvalue weighted by molar-refractivity contribution is 5.67. The van der Waals surface area contributed by atoms with Gasteiger partial charge in [0.25, 0.3) is 0 Å². The summed E-state index contributed by atoms with van der Waals surface area (Å²) >= 11 is 0. The van der Waals surface area contributed by atoms with E-state index in [1.807, 2.05) is 26.8 Å². The Morgan fingerprint density at radius 1 is 1.04 bits per heavy atom. The third-order valence-corrected chi connectivity index (χ3v) is 3.98. The molecule has 0 bridgehead atoms. The first kappa shape index (κ1) is 25.2. The van der Waals surface area contributed by atoms with Crippen LogP contribution in [0.5, 0.6) is 0 Å². The predicted octanol–water partition coefficient (Wildman–Crippen LogP) is 7.22. The van der Waals surface area contributed by atoms with Gasteiger partial charge in [0.1, 0.15) is 0 Å². The van der Waals surface area contributed by atoms with Crippen molar-refractivity contribution in [3.8, 4) is 0 Å². The number of hydrogen-bond acceptors (Lipinski definition) is 2. The van der Waals surface area contributed by atoms with Gasteiger partial charge in [-0.1, -0.05) is 114 Å². The van der Waals surface area contributed by atoms with E-state index in [1.165, 1.54) is 16.7 Å². The lowest BCUT2D eigenvalue weighted by Gasteiger charge is -2.13. The van der Waals surface area contributed by atoms with E-state index in [-0.39, 0.29) is 6.04 Å². The number of hydrogen-bond donors (Lipinski definition) is 2. The molecule has 2 N–H and O–H groups in total. The third-order valence-electron chi connectivity index (χ3n) is 3.98. The summed E-state index contributed by atoms with van der Waals surface area (Å²) < 4.78 is 0. The van der Waals surface area contributed by atoms with Crippen LogP contribution in [-0.4, -0.2) is 0 Å². The first-order valence-corrected chi connectivity index (χ1v) is 9.81. The fraction of sp³-hybridized carbons (Fsp3) is 0.231. The van der Waals surface area contributed by atoms with Gasteiger partial charge in [0.05, 0.1) is 6.04 Å². The minimum Gasteiger partial charge on any atom is -0.321 e. The molecule has 0 radical (unpaired) electrons. The molecular weight excluding hydrogens is 340 g/mol. The summed E-state index contributed by atoms with van der Waals surface area (Å²) in [4.78, 5) is 0. The highest BCUT2D eigenvalue weighted by atomic mass is 15.4. The molecule has 1 aromatic carbocycles. The molecule has 2 rings (SSSR count). The second kappa shape index (κ2) is 15.2. The molecule has 0 aromatic heterocycles. The van der Waals surface area contributed by atoms with Gasteiger partial charge in [-0.2, -0.15) is 0 Å². The summed E-state index contributed by atoms with van der Waals surface area (Å²) in [6.45, 7) is 22.7. The summed E-state index contributed by atoms with van der Waals surface area (Å²) in [7, 11) is 0. The zero-order valence-corrected chi connectivity index (χ0v) is 18.0. The Hall–Kier alpha value is -2.84. The maximum atomic E-state index is 4.02.